The lowest BCUT2D eigenvalue weighted by Gasteiger charge is -2.34. The Bertz CT molecular complexity index is 546. The summed E-state index contributed by atoms with van der Waals surface area (Å²) < 4.78 is 0. The number of hydrogen-bond acceptors (Lipinski definition) is 4. The Kier molecular flexibility index (Phi) is 6.10. The lowest BCUT2D eigenvalue weighted by atomic mass is 9.86. The van der Waals surface area contributed by atoms with Crippen molar-refractivity contribution in [2.45, 2.75) is 77.3 Å². The van der Waals surface area contributed by atoms with Crippen molar-refractivity contribution < 1.29 is 9.59 Å². The maximum atomic E-state index is 12.3. The molecule has 0 aromatic carbocycles. The first kappa shape index (κ1) is 19.7. The van der Waals surface area contributed by atoms with Crippen LogP contribution in [0.25, 0.3) is 0 Å². The summed E-state index contributed by atoms with van der Waals surface area (Å²) in [6.45, 7) is 7.24. The third-order valence-corrected chi connectivity index (χ3v) is 6.04. The number of carbonyl (C=O) groups is 2. The van der Waals surface area contributed by atoms with E-state index in [0.29, 0.717) is 25.4 Å². The second-order valence-electron chi connectivity index (χ2n) is 8.62. The van der Waals surface area contributed by atoms with E-state index in [-0.39, 0.29) is 12.3 Å². The first-order valence-corrected chi connectivity index (χ1v) is 9.44. The van der Waals surface area contributed by atoms with Gasteiger partial charge < -0.3 is 11.1 Å². The Hall–Kier alpha value is -1.61. The number of nitrogens with two attached hydrogens (primary N) is 1. The van der Waals surface area contributed by atoms with Crippen LogP contribution in [0, 0.1) is 22.7 Å². The number of primary amides is 1. The van der Waals surface area contributed by atoms with Crippen LogP contribution in [0.2, 0.25) is 0 Å². The van der Waals surface area contributed by atoms with Crippen LogP contribution in [0.5, 0.6) is 0 Å². The van der Waals surface area contributed by atoms with E-state index < -0.39 is 16.9 Å². The highest BCUT2D eigenvalue weighted by molar-refractivity contribution is 5.82. The fourth-order valence-corrected chi connectivity index (χ4v) is 3.86. The van der Waals surface area contributed by atoms with Gasteiger partial charge in [0.15, 0.2) is 0 Å². The Labute approximate surface area is 151 Å². The van der Waals surface area contributed by atoms with Gasteiger partial charge in [-0.2, -0.15) is 5.26 Å². The highest BCUT2D eigenvalue weighted by atomic mass is 16.2. The summed E-state index contributed by atoms with van der Waals surface area (Å²) in [5, 5.41) is 12.6. The van der Waals surface area contributed by atoms with Crippen molar-refractivity contribution in [3.63, 3.8) is 0 Å². The van der Waals surface area contributed by atoms with E-state index in [1.807, 2.05) is 0 Å². The predicted molar refractivity (Wildman–Crippen MR) is 96.3 cm³/mol. The molecule has 6 nitrogen and oxygen atoms in total. The van der Waals surface area contributed by atoms with E-state index >= 15 is 0 Å². The first-order valence-electron chi connectivity index (χ1n) is 9.44. The number of nitriles is 1. The highest BCUT2D eigenvalue weighted by Gasteiger charge is 2.42. The van der Waals surface area contributed by atoms with Crippen LogP contribution in [0.3, 0.4) is 0 Å². The van der Waals surface area contributed by atoms with Gasteiger partial charge >= 0.3 is 0 Å². The zero-order valence-electron chi connectivity index (χ0n) is 15.8. The van der Waals surface area contributed by atoms with Gasteiger partial charge in [0.05, 0.1) is 6.07 Å². The van der Waals surface area contributed by atoms with Crippen molar-refractivity contribution >= 4 is 11.8 Å². The van der Waals surface area contributed by atoms with E-state index in [4.69, 9.17) is 5.73 Å². The van der Waals surface area contributed by atoms with E-state index in [2.05, 4.69) is 23.2 Å². The van der Waals surface area contributed by atoms with Gasteiger partial charge in [-0.1, -0.05) is 20.8 Å². The van der Waals surface area contributed by atoms with Crippen LogP contribution < -0.4 is 11.1 Å². The molecule has 1 atom stereocenters. The van der Waals surface area contributed by atoms with Gasteiger partial charge in [0, 0.05) is 31.0 Å². The lowest BCUT2D eigenvalue weighted by Crippen LogP contribution is -2.50. The molecule has 1 saturated heterocycles. The van der Waals surface area contributed by atoms with Crippen LogP contribution in [0.4, 0.5) is 0 Å². The largest absolute Gasteiger partial charge is 0.369 e. The summed E-state index contributed by atoms with van der Waals surface area (Å²) in [6.07, 6.45) is 6.12. The first-order chi connectivity index (χ1) is 11.7. The number of likely N-dealkylation sites (tertiary alicyclic amines) is 1. The normalized spacial score (nSPS) is 30.6. The minimum atomic E-state index is -0.795. The van der Waals surface area contributed by atoms with Crippen LogP contribution in [0.15, 0.2) is 0 Å². The molecule has 0 spiro atoms. The molecule has 6 heteroatoms. The third-order valence-electron chi connectivity index (χ3n) is 6.04. The maximum absolute atomic E-state index is 12.3. The summed E-state index contributed by atoms with van der Waals surface area (Å²) in [5.74, 6) is 0.219. The summed E-state index contributed by atoms with van der Waals surface area (Å²) in [5.41, 5.74) is 3.85. The molecule has 3 N–H and O–H groups in total. The van der Waals surface area contributed by atoms with Crippen LogP contribution in [-0.4, -0.2) is 41.4 Å². The molecule has 1 aliphatic carbocycles. The zero-order chi connectivity index (χ0) is 18.7. The standard InChI is InChI=1S/C19H32N4O2/c1-14-4-6-15(7-5-14)23-11-10-19(12-20,13-23)22-16(24)8-9-18(2,3)17(21)25/h14-15H,4-11,13H2,1-3H3,(H2,21,25)(H,22,24). The van der Waals surface area contributed by atoms with Crippen LogP contribution in [0.1, 0.15) is 65.7 Å². The number of amides is 2. The van der Waals surface area contributed by atoms with Gasteiger partial charge in [0.2, 0.25) is 11.8 Å². The minimum Gasteiger partial charge on any atom is -0.369 e. The number of carbonyl (C=O) groups excluding carboxylic acids is 2. The molecule has 2 aliphatic rings. The molecule has 1 saturated carbocycles. The Morgan fingerprint density at radius 1 is 1.32 bits per heavy atom. The van der Waals surface area contributed by atoms with E-state index in [1.165, 1.54) is 25.7 Å². The molecular weight excluding hydrogens is 316 g/mol. The maximum Gasteiger partial charge on any atom is 0.223 e. The molecule has 2 amide bonds. The fraction of sp³-hybridized carbons (Fsp3) is 0.842. The second kappa shape index (κ2) is 7.74. The quantitative estimate of drug-likeness (QED) is 0.766. The minimum absolute atomic E-state index is 0.171. The van der Waals surface area contributed by atoms with Gasteiger partial charge in [-0.05, 0) is 44.4 Å². The van der Waals surface area contributed by atoms with E-state index in [9.17, 15) is 14.9 Å². The number of rotatable bonds is 6. The smallest absolute Gasteiger partial charge is 0.223 e. The molecule has 0 radical (unpaired) electrons. The SMILES string of the molecule is CC1CCC(N2CCC(C#N)(NC(=O)CCC(C)(C)C(N)=O)C2)CC1. The topological polar surface area (TPSA) is 99.2 Å². The van der Waals surface area contributed by atoms with Crippen LogP contribution in [-0.2, 0) is 9.59 Å². The summed E-state index contributed by atoms with van der Waals surface area (Å²) in [4.78, 5) is 26.1. The van der Waals surface area contributed by atoms with Crippen molar-refractivity contribution in [1.29, 1.82) is 5.26 Å². The van der Waals surface area contributed by atoms with Gasteiger partial charge in [-0.25, -0.2) is 0 Å². The predicted octanol–water partition coefficient (Wildman–Crippen LogP) is 1.94. The van der Waals surface area contributed by atoms with E-state index in [0.717, 1.165) is 12.5 Å². The number of hydrogen-bond donors (Lipinski definition) is 2. The molecule has 0 aromatic rings. The van der Waals surface area contributed by atoms with Crippen molar-refractivity contribution in [2.75, 3.05) is 13.1 Å². The van der Waals surface area contributed by atoms with Crippen molar-refractivity contribution in [2.24, 2.45) is 17.1 Å². The molecule has 1 aliphatic heterocycles. The summed E-state index contributed by atoms with van der Waals surface area (Å²) in [7, 11) is 0. The zero-order valence-corrected chi connectivity index (χ0v) is 15.8. The van der Waals surface area contributed by atoms with Gasteiger partial charge in [0.25, 0.3) is 0 Å². The third kappa shape index (κ3) is 4.94. The van der Waals surface area contributed by atoms with Crippen LogP contribution >= 0.6 is 0 Å². The molecule has 1 unspecified atom stereocenters. The fourth-order valence-electron chi connectivity index (χ4n) is 3.86. The number of nitrogens with one attached hydrogen (secondary N) is 1. The Balaban J connectivity index is 1.88. The monoisotopic (exact) mass is 348 g/mol. The molecule has 2 rings (SSSR count). The highest BCUT2D eigenvalue weighted by Crippen LogP contribution is 2.32. The molecule has 0 bridgehead atoms. The lowest BCUT2D eigenvalue weighted by molar-refractivity contribution is -0.127. The molecule has 2 fully saturated rings. The molecule has 1 heterocycles. The summed E-state index contributed by atoms with van der Waals surface area (Å²) >= 11 is 0. The van der Waals surface area contributed by atoms with Gasteiger partial charge in [-0.3, -0.25) is 14.5 Å². The average Bonchev–Trinajstić information content (AvgIpc) is 2.98. The van der Waals surface area contributed by atoms with Crippen molar-refractivity contribution in [3.8, 4) is 6.07 Å². The van der Waals surface area contributed by atoms with Gasteiger partial charge in [0.1, 0.15) is 5.54 Å². The summed E-state index contributed by atoms with van der Waals surface area (Å²) in [6, 6.07) is 2.88. The van der Waals surface area contributed by atoms with Crippen molar-refractivity contribution in [3.05, 3.63) is 0 Å². The number of nitrogens with zero attached hydrogens (tertiary/aromatic N) is 2. The Morgan fingerprint density at radius 3 is 2.52 bits per heavy atom. The van der Waals surface area contributed by atoms with E-state index in [1.54, 1.807) is 13.8 Å². The van der Waals surface area contributed by atoms with Crippen molar-refractivity contribution in [1.82, 2.24) is 10.2 Å². The molecule has 140 valence electrons. The molecular formula is C19H32N4O2. The Morgan fingerprint density at radius 2 is 1.96 bits per heavy atom. The molecule has 0 aromatic heterocycles. The molecule has 25 heavy (non-hydrogen) atoms. The van der Waals surface area contributed by atoms with Gasteiger partial charge in [-0.15, -0.1) is 0 Å². The second-order valence-corrected chi connectivity index (χ2v) is 8.62. The average molecular weight is 348 g/mol.